The summed E-state index contributed by atoms with van der Waals surface area (Å²) >= 11 is 1.39. The molecule has 2 aromatic carbocycles. The fourth-order valence-corrected chi connectivity index (χ4v) is 3.86. The fraction of sp³-hybridized carbons (Fsp3) is 0.318. The highest BCUT2D eigenvalue weighted by atomic mass is 32.2. The topological polar surface area (TPSA) is 66.2 Å². The number of aryl methyl sites for hydroxylation is 2. The molecule has 3 rings (SSSR count). The van der Waals surface area contributed by atoms with Crippen LogP contribution in [0.4, 0.5) is 0 Å². The van der Waals surface area contributed by atoms with Crippen molar-refractivity contribution in [2.24, 2.45) is 0 Å². The standard InChI is InChI=1S/C22H25N3O3S/c1-5-25-21(13-28-20-11-6-15(2)12-16(20)3)23-24-22(25)29-14-19(26)17-7-9-18(27-4)10-8-17/h6-12H,5,13-14H2,1-4H3. The number of ketones is 1. The van der Waals surface area contributed by atoms with E-state index in [9.17, 15) is 4.79 Å². The van der Waals surface area contributed by atoms with E-state index < -0.39 is 0 Å². The van der Waals surface area contributed by atoms with Crippen LogP contribution in [0.2, 0.25) is 0 Å². The highest BCUT2D eigenvalue weighted by Gasteiger charge is 2.15. The lowest BCUT2D eigenvalue weighted by Crippen LogP contribution is -2.08. The molecule has 1 aromatic heterocycles. The van der Waals surface area contributed by atoms with E-state index in [0.29, 0.717) is 29.6 Å². The van der Waals surface area contributed by atoms with Gasteiger partial charge in [-0.1, -0.05) is 29.5 Å². The Hall–Kier alpha value is -2.80. The molecular formula is C22H25N3O3S. The second kappa shape index (κ2) is 9.60. The molecule has 0 unspecified atom stereocenters. The summed E-state index contributed by atoms with van der Waals surface area (Å²) in [7, 11) is 1.60. The minimum Gasteiger partial charge on any atom is -0.497 e. The number of ether oxygens (including phenoxy) is 2. The molecule has 0 spiro atoms. The Labute approximate surface area is 175 Å². The Bertz CT molecular complexity index is 983. The Kier molecular flexibility index (Phi) is 6.93. The van der Waals surface area contributed by atoms with Crippen LogP contribution in [0.3, 0.4) is 0 Å². The van der Waals surface area contributed by atoms with E-state index in [-0.39, 0.29) is 5.78 Å². The summed E-state index contributed by atoms with van der Waals surface area (Å²) in [6, 6.07) is 13.2. The van der Waals surface area contributed by atoms with Crippen molar-refractivity contribution in [1.82, 2.24) is 14.8 Å². The molecule has 0 saturated carbocycles. The third kappa shape index (κ3) is 5.17. The van der Waals surface area contributed by atoms with E-state index in [1.807, 2.05) is 30.5 Å². The maximum Gasteiger partial charge on any atom is 0.191 e. The number of hydrogen-bond donors (Lipinski definition) is 0. The minimum atomic E-state index is 0.0383. The summed E-state index contributed by atoms with van der Waals surface area (Å²) < 4.78 is 13.0. The average molecular weight is 412 g/mol. The second-order valence-corrected chi connectivity index (χ2v) is 7.58. The highest BCUT2D eigenvalue weighted by Crippen LogP contribution is 2.22. The molecule has 0 bridgehead atoms. The molecule has 3 aromatic rings. The quantitative estimate of drug-likeness (QED) is 0.382. The summed E-state index contributed by atoms with van der Waals surface area (Å²) in [5.74, 6) is 2.64. The van der Waals surface area contributed by atoms with Crippen molar-refractivity contribution in [2.75, 3.05) is 12.9 Å². The van der Waals surface area contributed by atoms with Crippen molar-refractivity contribution in [3.05, 3.63) is 65.0 Å². The molecule has 29 heavy (non-hydrogen) atoms. The molecule has 152 valence electrons. The zero-order chi connectivity index (χ0) is 20.8. The SMILES string of the molecule is CCn1c(COc2ccc(C)cc2C)nnc1SCC(=O)c1ccc(OC)cc1. The number of hydrogen-bond acceptors (Lipinski definition) is 6. The second-order valence-electron chi connectivity index (χ2n) is 6.64. The van der Waals surface area contributed by atoms with E-state index in [0.717, 1.165) is 22.9 Å². The predicted molar refractivity (Wildman–Crippen MR) is 114 cm³/mol. The molecule has 0 amide bonds. The van der Waals surface area contributed by atoms with Crippen molar-refractivity contribution >= 4 is 17.5 Å². The molecule has 0 aliphatic rings. The largest absolute Gasteiger partial charge is 0.497 e. The van der Waals surface area contributed by atoms with Gasteiger partial charge >= 0.3 is 0 Å². The molecule has 0 radical (unpaired) electrons. The number of thioether (sulfide) groups is 1. The molecule has 1 heterocycles. The predicted octanol–water partition coefficient (Wildman–Crippen LogP) is 4.48. The number of methoxy groups -OCH3 is 1. The van der Waals surface area contributed by atoms with E-state index >= 15 is 0 Å². The molecule has 0 fully saturated rings. The van der Waals surface area contributed by atoms with Crippen molar-refractivity contribution in [3.63, 3.8) is 0 Å². The molecule has 0 saturated heterocycles. The fourth-order valence-electron chi connectivity index (χ4n) is 2.94. The molecule has 0 atom stereocenters. The van der Waals surface area contributed by atoms with Crippen LogP contribution in [-0.4, -0.2) is 33.4 Å². The van der Waals surface area contributed by atoms with Crippen molar-refractivity contribution < 1.29 is 14.3 Å². The van der Waals surface area contributed by atoms with E-state index in [4.69, 9.17) is 9.47 Å². The average Bonchev–Trinajstić information content (AvgIpc) is 3.13. The van der Waals surface area contributed by atoms with Gasteiger partial charge in [-0.05, 0) is 56.7 Å². The first-order valence-corrected chi connectivity index (χ1v) is 10.4. The monoisotopic (exact) mass is 411 g/mol. The first kappa shape index (κ1) is 20.9. The molecule has 7 heteroatoms. The van der Waals surface area contributed by atoms with Crippen LogP contribution in [0.1, 0.15) is 34.2 Å². The van der Waals surface area contributed by atoms with Gasteiger partial charge in [-0.15, -0.1) is 10.2 Å². The van der Waals surface area contributed by atoms with Gasteiger partial charge in [0, 0.05) is 12.1 Å². The Morgan fingerprint density at radius 1 is 1.10 bits per heavy atom. The van der Waals surface area contributed by atoms with Crippen LogP contribution < -0.4 is 9.47 Å². The maximum absolute atomic E-state index is 12.5. The lowest BCUT2D eigenvalue weighted by molar-refractivity contribution is 0.102. The third-order valence-corrected chi connectivity index (χ3v) is 5.51. The zero-order valence-corrected chi connectivity index (χ0v) is 18.0. The molecule has 0 aliphatic carbocycles. The van der Waals surface area contributed by atoms with E-state index in [1.165, 1.54) is 17.3 Å². The summed E-state index contributed by atoms with van der Waals surface area (Å²) in [5, 5.41) is 9.23. The summed E-state index contributed by atoms with van der Waals surface area (Å²) in [5.41, 5.74) is 2.94. The van der Waals surface area contributed by atoms with Crippen molar-refractivity contribution in [1.29, 1.82) is 0 Å². The molecule has 0 N–H and O–H groups in total. The van der Waals surface area contributed by atoms with Gasteiger partial charge < -0.3 is 14.0 Å². The van der Waals surface area contributed by atoms with Gasteiger partial charge in [0.25, 0.3) is 0 Å². The van der Waals surface area contributed by atoms with Gasteiger partial charge in [-0.3, -0.25) is 4.79 Å². The van der Waals surface area contributed by atoms with E-state index in [1.54, 1.807) is 31.4 Å². The van der Waals surface area contributed by atoms with Crippen LogP contribution >= 0.6 is 11.8 Å². The van der Waals surface area contributed by atoms with Crippen LogP contribution in [0.25, 0.3) is 0 Å². The van der Waals surface area contributed by atoms with E-state index in [2.05, 4.69) is 23.2 Å². The lowest BCUT2D eigenvalue weighted by Gasteiger charge is -2.11. The summed E-state index contributed by atoms with van der Waals surface area (Å²) in [6.45, 7) is 7.15. The zero-order valence-electron chi connectivity index (χ0n) is 17.1. The van der Waals surface area contributed by atoms with Gasteiger partial charge in [0.2, 0.25) is 0 Å². The first-order valence-electron chi connectivity index (χ1n) is 9.44. The van der Waals surface area contributed by atoms with Crippen LogP contribution in [0, 0.1) is 13.8 Å². The number of carbonyl (C=O) groups excluding carboxylic acids is 1. The van der Waals surface area contributed by atoms with Gasteiger partial charge in [-0.25, -0.2) is 0 Å². The molecule has 6 nitrogen and oxygen atoms in total. The van der Waals surface area contributed by atoms with Crippen molar-refractivity contribution in [3.8, 4) is 11.5 Å². The van der Waals surface area contributed by atoms with Crippen LogP contribution in [0.15, 0.2) is 47.6 Å². The van der Waals surface area contributed by atoms with Gasteiger partial charge in [0.05, 0.1) is 12.9 Å². The third-order valence-electron chi connectivity index (χ3n) is 4.54. The number of rotatable bonds is 9. The number of aromatic nitrogens is 3. The normalized spacial score (nSPS) is 10.8. The minimum absolute atomic E-state index is 0.0383. The number of Topliss-reactive ketones (excluding diaryl/α,β-unsaturated/α-hetero) is 1. The number of nitrogens with zero attached hydrogens (tertiary/aromatic N) is 3. The smallest absolute Gasteiger partial charge is 0.191 e. The lowest BCUT2D eigenvalue weighted by atomic mass is 10.1. The summed E-state index contributed by atoms with van der Waals surface area (Å²) in [6.07, 6.45) is 0. The maximum atomic E-state index is 12.5. The van der Waals surface area contributed by atoms with Crippen molar-refractivity contribution in [2.45, 2.75) is 39.1 Å². The van der Waals surface area contributed by atoms with Crippen LogP contribution in [0.5, 0.6) is 11.5 Å². The highest BCUT2D eigenvalue weighted by molar-refractivity contribution is 7.99. The van der Waals surface area contributed by atoms with Gasteiger partial charge in [-0.2, -0.15) is 0 Å². The molecule has 0 aliphatic heterocycles. The van der Waals surface area contributed by atoms with Gasteiger partial charge in [0.15, 0.2) is 16.8 Å². The Morgan fingerprint density at radius 2 is 1.86 bits per heavy atom. The molecular weight excluding hydrogens is 386 g/mol. The van der Waals surface area contributed by atoms with Crippen LogP contribution in [-0.2, 0) is 13.2 Å². The first-order chi connectivity index (χ1) is 14.0. The number of carbonyl (C=O) groups is 1. The Balaban J connectivity index is 1.63. The Morgan fingerprint density at radius 3 is 2.52 bits per heavy atom. The van der Waals surface area contributed by atoms with Gasteiger partial charge in [0.1, 0.15) is 18.1 Å². The number of benzene rings is 2. The summed E-state index contributed by atoms with van der Waals surface area (Å²) in [4.78, 5) is 12.5.